The van der Waals surface area contributed by atoms with Gasteiger partial charge in [0.15, 0.2) is 0 Å². The number of carbonyl (C=O) groups is 1. The van der Waals surface area contributed by atoms with Gasteiger partial charge in [-0.05, 0) is 55.8 Å². The molecule has 1 saturated heterocycles. The zero-order valence-corrected chi connectivity index (χ0v) is 15.3. The molecule has 1 aromatic carbocycles. The molecule has 1 amide bonds. The monoisotopic (exact) mass is 366 g/mol. The van der Waals surface area contributed by atoms with E-state index in [4.69, 9.17) is 0 Å². The number of fused-ring (bicyclic) bond motifs is 1. The normalized spacial score (nSPS) is 16.8. The lowest BCUT2D eigenvalue weighted by Crippen LogP contribution is -2.37. The molecule has 0 spiro atoms. The third-order valence-electron chi connectivity index (χ3n) is 4.59. The van der Waals surface area contributed by atoms with Crippen molar-refractivity contribution < 1.29 is 4.79 Å². The maximum Gasteiger partial charge on any atom is 0.251 e. The zero-order valence-electron chi connectivity index (χ0n) is 14.5. The van der Waals surface area contributed by atoms with E-state index in [9.17, 15) is 4.79 Å². The minimum absolute atomic E-state index is 0.00407. The first-order valence-electron chi connectivity index (χ1n) is 8.95. The summed E-state index contributed by atoms with van der Waals surface area (Å²) in [7, 11) is 0. The molecule has 0 bridgehead atoms. The Hall–Kier alpha value is -2.31. The smallest absolute Gasteiger partial charge is 0.251 e. The molecule has 1 unspecified atom stereocenters. The van der Waals surface area contributed by atoms with Crippen LogP contribution in [0.1, 0.15) is 28.9 Å². The van der Waals surface area contributed by atoms with Crippen LogP contribution in [0.5, 0.6) is 0 Å². The van der Waals surface area contributed by atoms with Crippen molar-refractivity contribution in [3.8, 4) is 0 Å². The predicted octanol–water partition coefficient (Wildman–Crippen LogP) is 3.11. The lowest BCUT2D eigenvalue weighted by Gasteiger charge is -2.11. The first kappa shape index (κ1) is 17.1. The van der Waals surface area contributed by atoms with Crippen LogP contribution in [0.15, 0.2) is 59.8 Å². The molecule has 3 heterocycles. The maximum atomic E-state index is 12.2. The van der Waals surface area contributed by atoms with Crippen LogP contribution in [-0.2, 0) is 5.75 Å². The standard InChI is InChI=1S/C20H22N4OS/c25-20(22-12-16-4-3-10-21-16)15-6-8-18(9-7-15)26-14-17-13-24-11-2-1-5-19(24)23-17/h1-2,5-9,11,13,16,21H,3-4,10,12,14H2,(H,22,25). The highest BCUT2D eigenvalue weighted by Crippen LogP contribution is 2.23. The van der Waals surface area contributed by atoms with Gasteiger partial charge in [0.25, 0.3) is 5.91 Å². The van der Waals surface area contributed by atoms with Gasteiger partial charge in [0, 0.05) is 41.2 Å². The molecule has 4 rings (SSSR count). The molecular weight excluding hydrogens is 344 g/mol. The summed E-state index contributed by atoms with van der Waals surface area (Å²) in [4.78, 5) is 18.0. The fourth-order valence-corrected chi connectivity index (χ4v) is 3.95. The summed E-state index contributed by atoms with van der Waals surface area (Å²) in [5.41, 5.74) is 2.72. The van der Waals surface area contributed by atoms with Crippen LogP contribution >= 0.6 is 11.8 Å². The lowest BCUT2D eigenvalue weighted by atomic mass is 10.2. The molecule has 26 heavy (non-hydrogen) atoms. The number of thioether (sulfide) groups is 1. The number of benzene rings is 1. The van der Waals surface area contributed by atoms with Crippen LogP contribution in [0.2, 0.25) is 0 Å². The second-order valence-corrected chi connectivity index (χ2v) is 7.56. The minimum atomic E-state index is -0.00407. The fraction of sp³-hybridized carbons (Fsp3) is 0.300. The van der Waals surface area contributed by atoms with Crippen molar-refractivity contribution >= 4 is 23.3 Å². The molecule has 1 fully saturated rings. The largest absolute Gasteiger partial charge is 0.350 e. The molecule has 0 saturated carbocycles. The van der Waals surface area contributed by atoms with Gasteiger partial charge in [-0.15, -0.1) is 11.8 Å². The first-order chi connectivity index (χ1) is 12.8. The maximum absolute atomic E-state index is 12.2. The summed E-state index contributed by atoms with van der Waals surface area (Å²) in [6.07, 6.45) is 6.39. The Morgan fingerprint density at radius 2 is 2.15 bits per heavy atom. The highest BCUT2D eigenvalue weighted by molar-refractivity contribution is 7.98. The Morgan fingerprint density at radius 1 is 1.27 bits per heavy atom. The van der Waals surface area contributed by atoms with Crippen LogP contribution in [0, 0.1) is 0 Å². The van der Waals surface area contributed by atoms with Crippen molar-refractivity contribution in [1.29, 1.82) is 0 Å². The van der Waals surface area contributed by atoms with Crippen molar-refractivity contribution in [2.75, 3.05) is 13.1 Å². The van der Waals surface area contributed by atoms with Gasteiger partial charge in [-0.25, -0.2) is 4.98 Å². The Kier molecular flexibility index (Phi) is 5.22. The Labute approximate surface area is 157 Å². The summed E-state index contributed by atoms with van der Waals surface area (Å²) in [5, 5.41) is 6.40. The zero-order chi connectivity index (χ0) is 17.8. The van der Waals surface area contributed by atoms with Gasteiger partial charge < -0.3 is 15.0 Å². The lowest BCUT2D eigenvalue weighted by molar-refractivity contribution is 0.0950. The molecule has 134 valence electrons. The van der Waals surface area contributed by atoms with Crippen molar-refractivity contribution in [3.05, 3.63) is 66.1 Å². The second-order valence-electron chi connectivity index (χ2n) is 6.51. The number of carbonyl (C=O) groups excluding carboxylic acids is 1. The van der Waals surface area contributed by atoms with E-state index in [0.29, 0.717) is 18.2 Å². The number of pyridine rings is 1. The van der Waals surface area contributed by atoms with Gasteiger partial charge in [-0.2, -0.15) is 0 Å². The molecule has 2 aromatic heterocycles. The van der Waals surface area contributed by atoms with E-state index in [1.165, 1.54) is 6.42 Å². The molecule has 0 radical (unpaired) electrons. The van der Waals surface area contributed by atoms with E-state index in [0.717, 1.165) is 35.0 Å². The topological polar surface area (TPSA) is 58.4 Å². The van der Waals surface area contributed by atoms with Crippen molar-refractivity contribution in [2.45, 2.75) is 29.5 Å². The van der Waals surface area contributed by atoms with Crippen LogP contribution in [0.25, 0.3) is 5.65 Å². The van der Waals surface area contributed by atoms with E-state index in [1.807, 2.05) is 53.1 Å². The van der Waals surface area contributed by atoms with Gasteiger partial charge in [-0.3, -0.25) is 4.79 Å². The third-order valence-corrected chi connectivity index (χ3v) is 5.63. The molecule has 6 heteroatoms. The van der Waals surface area contributed by atoms with E-state index in [2.05, 4.69) is 21.8 Å². The number of rotatable bonds is 6. The van der Waals surface area contributed by atoms with Crippen LogP contribution < -0.4 is 10.6 Å². The molecule has 0 aliphatic carbocycles. The predicted molar refractivity (Wildman–Crippen MR) is 105 cm³/mol. The average Bonchev–Trinajstić information content (AvgIpc) is 3.34. The van der Waals surface area contributed by atoms with Gasteiger partial charge in [0.05, 0.1) is 5.69 Å². The first-order valence-corrected chi connectivity index (χ1v) is 9.93. The van der Waals surface area contributed by atoms with Crippen LogP contribution in [-0.4, -0.2) is 34.4 Å². The van der Waals surface area contributed by atoms with Crippen molar-refractivity contribution in [2.24, 2.45) is 0 Å². The van der Waals surface area contributed by atoms with Crippen molar-refractivity contribution in [1.82, 2.24) is 20.0 Å². The molecule has 5 nitrogen and oxygen atoms in total. The average molecular weight is 366 g/mol. The molecular formula is C20H22N4OS. The fourth-order valence-electron chi connectivity index (χ4n) is 3.17. The van der Waals surface area contributed by atoms with E-state index >= 15 is 0 Å². The van der Waals surface area contributed by atoms with Gasteiger partial charge in [-0.1, -0.05) is 6.07 Å². The number of nitrogens with one attached hydrogen (secondary N) is 2. The molecule has 2 N–H and O–H groups in total. The Bertz CT molecular complexity index is 851. The van der Waals surface area contributed by atoms with Gasteiger partial charge in [0.2, 0.25) is 0 Å². The van der Waals surface area contributed by atoms with Crippen molar-refractivity contribution in [3.63, 3.8) is 0 Å². The molecule has 3 aromatic rings. The van der Waals surface area contributed by atoms with Gasteiger partial charge in [0.1, 0.15) is 5.65 Å². The molecule has 1 aliphatic rings. The van der Waals surface area contributed by atoms with Crippen LogP contribution in [0.3, 0.4) is 0 Å². The molecule has 1 atom stereocenters. The summed E-state index contributed by atoms with van der Waals surface area (Å²) >= 11 is 1.73. The van der Waals surface area contributed by atoms with E-state index < -0.39 is 0 Å². The quantitative estimate of drug-likeness (QED) is 0.658. The number of aromatic nitrogens is 2. The number of nitrogens with zero attached hydrogens (tertiary/aromatic N) is 2. The van der Waals surface area contributed by atoms with E-state index in [1.54, 1.807) is 11.8 Å². The SMILES string of the molecule is O=C(NCC1CCCN1)c1ccc(SCc2cn3ccccc3n2)cc1. The van der Waals surface area contributed by atoms with E-state index in [-0.39, 0.29) is 5.91 Å². The van der Waals surface area contributed by atoms with Crippen LogP contribution in [0.4, 0.5) is 0 Å². The summed E-state index contributed by atoms with van der Waals surface area (Å²) in [5.74, 6) is 0.802. The summed E-state index contributed by atoms with van der Waals surface area (Å²) < 4.78 is 2.03. The number of hydrogen-bond acceptors (Lipinski definition) is 4. The number of imidazole rings is 1. The molecule has 1 aliphatic heterocycles. The number of hydrogen-bond donors (Lipinski definition) is 2. The Morgan fingerprint density at radius 3 is 2.92 bits per heavy atom. The number of amides is 1. The highest BCUT2D eigenvalue weighted by Gasteiger charge is 2.15. The third kappa shape index (κ3) is 4.08. The minimum Gasteiger partial charge on any atom is -0.350 e. The highest BCUT2D eigenvalue weighted by atomic mass is 32.2. The second kappa shape index (κ2) is 7.93. The summed E-state index contributed by atoms with van der Waals surface area (Å²) in [6.45, 7) is 1.75. The van der Waals surface area contributed by atoms with Gasteiger partial charge >= 0.3 is 0 Å². The summed E-state index contributed by atoms with van der Waals surface area (Å²) in [6, 6.07) is 14.2. The Balaban J connectivity index is 1.31.